The molecule has 3 atom stereocenters. The lowest BCUT2D eigenvalue weighted by molar-refractivity contribution is -0.170. The molecule has 0 saturated carbocycles. The minimum absolute atomic E-state index is 0.0196. The Hall–Kier alpha value is -0.630. The van der Waals surface area contributed by atoms with Crippen LogP contribution in [0.15, 0.2) is 12.2 Å². The smallest absolute Gasteiger partial charge is 0.142 e. The molecule has 1 aliphatic heterocycles. The lowest BCUT2D eigenvalue weighted by atomic mass is 9.61. The van der Waals surface area contributed by atoms with Crippen LogP contribution in [0.3, 0.4) is 0 Å². The predicted molar refractivity (Wildman–Crippen MR) is 59.6 cm³/mol. The van der Waals surface area contributed by atoms with E-state index >= 15 is 0 Å². The van der Waals surface area contributed by atoms with Gasteiger partial charge >= 0.3 is 0 Å². The fourth-order valence-corrected chi connectivity index (χ4v) is 3.33. The fourth-order valence-electron chi connectivity index (χ4n) is 3.33. The normalized spacial score (nSPS) is 43.9. The van der Waals surface area contributed by atoms with Crippen molar-refractivity contribution in [2.24, 2.45) is 11.3 Å². The molecule has 1 saturated heterocycles. The van der Waals surface area contributed by atoms with Crippen LogP contribution < -0.4 is 0 Å². The first-order valence-corrected chi connectivity index (χ1v) is 5.73. The van der Waals surface area contributed by atoms with Crippen LogP contribution in [0.1, 0.15) is 40.5 Å². The first-order valence-electron chi connectivity index (χ1n) is 5.73. The molecule has 2 heteroatoms. The Balaban J connectivity index is 2.41. The summed E-state index contributed by atoms with van der Waals surface area (Å²) in [5.41, 5.74) is -0.350. The number of fused-ring (bicyclic) bond motifs is 1. The van der Waals surface area contributed by atoms with E-state index in [0.717, 1.165) is 6.42 Å². The molecule has 0 N–H and O–H groups in total. The van der Waals surface area contributed by atoms with Crippen molar-refractivity contribution in [3.63, 3.8) is 0 Å². The molecule has 0 aromatic carbocycles. The molecule has 0 aromatic heterocycles. The summed E-state index contributed by atoms with van der Waals surface area (Å²) in [4.78, 5) is 12.1. The second kappa shape index (κ2) is 3.18. The Labute approximate surface area is 91.7 Å². The highest BCUT2D eigenvalue weighted by molar-refractivity contribution is 5.84. The van der Waals surface area contributed by atoms with Crippen LogP contribution in [0, 0.1) is 11.3 Å². The number of rotatable bonds is 0. The van der Waals surface area contributed by atoms with Gasteiger partial charge in [0.1, 0.15) is 5.78 Å². The van der Waals surface area contributed by atoms with Crippen LogP contribution in [0.25, 0.3) is 0 Å². The van der Waals surface area contributed by atoms with E-state index in [1.165, 1.54) is 0 Å². The van der Waals surface area contributed by atoms with Gasteiger partial charge in [-0.3, -0.25) is 4.79 Å². The number of allylic oxidation sites excluding steroid dienone is 1. The van der Waals surface area contributed by atoms with Gasteiger partial charge in [-0.2, -0.15) is 0 Å². The summed E-state index contributed by atoms with van der Waals surface area (Å²) in [5, 5.41) is 0. The molecular formula is C13H20O2. The summed E-state index contributed by atoms with van der Waals surface area (Å²) >= 11 is 0. The van der Waals surface area contributed by atoms with Crippen molar-refractivity contribution in [3.8, 4) is 0 Å². The third-order valence-corrected chi connectivity index (χ3v) is 3.71. The molecule has 0 radical (unpaired) electrons. The zero-order valence-corrected chi connectivity index (χ0v) is 10.0. The SMILES string of the molecule is C[C@H]1CC(=O)C2C(C)(C)CC=C[C@@]2(C)O1. The quantitative estimate of drug-likeness (QED) is 0.572. The van der Waals surface area contributed by atoms with Gasteiger partial charge in [0, 0.05) is 6.42 Å². The van der Waals surface area contributed by atoms with Crippen molar-refractivity contribution >= 4 is 5.78 Å². The average molecular weight is 208 g/mol. The number of hydrogen-bond acceptors (Lipinski definition) is 2. The van der Waals surface area contributed by atoms with Crippen molar-refractivity contribution in [2.45, 2.75) is 52.2 Å². The van der Waals surface area contributed by atoms with E-state index in [1.807, 2.05) is 13.8 Å². The number of ether oxygens (including phenoxy) is 1. The summed E-state index contributed by atoms with van der Waals surface area (Å²) in [5.74, 6) is 0.386. The Bertz CT molecular complexity index is 316. The van der Waals surface area contributed by atoms with Crippen molar-refractivity contribution in [2.75, 3.05) is 0 Å². The highest BCUT2D eigenvalue weighted by Crippen LogP contribution is 2.48. The van der Waals surface area contributed by atoms with E-state index in [2.05, 4.69) is 26.0 Å². The van der Waals surface area contributed by atoms with Crippen molar-refractivity contribution in [1.29, 1.82) is 0 Å². The Morgan fingerprint density at radius 2 is 2.07 bits per heavy atom. The summed E-state index contributed by atoms with van der Waals surface area (Å²) in [7, 11) is 0. The second-order valence-electron chi connectivity index (χ2n) is 5.81. The van der Waals surface area contributed by atoms with Gasteiger partial charge in [0.2, 0.25) is 0 Å². The zero-order valence-electron chi connectivity index (χ0n) is 10.0. The first-order chi connectivity index (χ1) is 6.85. The zero-order chi connectivity index (χ0) is 11.3. The molecule has 1 fully saturated rings. The molecule has 1 heterocycles. The minimum atomic E-state index is -0.378. The second-order valence-corrected chi connectivity index (χ2v) is 5.81. The molecule has 84 valence electrons. The van der Waals surface area contributed by atoms with E-state index < -0.39 is 0 Å². The monoisotopic (exact) mass is 208 g/mol. The molecule has 0 bridgehead atoms. The van der Waals surface area contributed by atoms with Gasteiger partial charge in [0.15, 0.2) is 0 Å². The molecule has 15 heavy (non-hydrogen) atoms. The summed E-state index contributed by atoms with van der Waals surface area (Å²) in [6, 6.07) is 0. The summed E-state index contributed by atoms with van der Waals surface area (Å²) < 4.78 is 5.98. The van der Waals surface area contributed by atoms with E-state index in [9.17, 15) is 4.79 Å². The third-order valence-electron chi connectivity index (χ3n) is 3.71. The first kappa shape index (κ1) is 10.9. The van der Waals surface area contributed by atoms with Crippen LogP contribution in [0.5, 0.6) is 0 Å². The van der Waals surface area contributed by atoms with Crippen molar-refractivity contribution in [3.05, 3.63) is 12.2 Å². The number of ketones is 1. The number of carbonyl (C=O) groups is 1. The molecule has 0 spiro atoms. The van der Waals surface area contributed by atoms with E-state index in [1.54, 1.807) is 0 Å². The average Bonchev–Trinajstić information content (AvgIpc) is 1.97. The van der Waals surface area contributed by atoms with Gasteiger partial charge in [-0.15, -0.1) is 0 Å². The highest BCUT2D eigenvalue weighted by atomic mass is 16.5. The lowest BCUT2D eigenvalue weighted by Gasteiger charge is -2.50. The molecule has 2 nitrogen and oxygen atoms in total. The fraction of sp³-hybridized carbons (Fsp3) is 0.769. The van der Waals surface area contributed by atoms with Gasteiger partial charge in [0.05, 0.1) is 17.6 Å². The largest absolute Gasteiger partial charge is 0.367 e. The maximum Gasteiger partial charge on any atom is 0.142 e. The Kier molecular flexibility index (Phi) is 2.30. The van der Waals surface area contributed by atoms with Gasteiger partial charge in [-0.25, -0.2) is 0 Å². The van der Waals surface area contributed by atoms with E-state index in [4.69, 9.17) is 4.74 Å². The topological polar surface area (TPSA) is 26.3 Å². The lowest BCUT2D eigenvalue weighted by Crippen LogP contribution is -2.55. The molecule has 1 aliphatic carbocycles. The molecule has 0 amide bonds. The minimum Gasteiger partial charge on any atom is -0.367 e. The Morgan fingerprint density at radius 3 is 2.73 bits per heavy atom. The van der Waals surface area contributed by atoms with Crippen LogP contribution in [0.2, 0.25) is 0 Å². The van der Waals surface area contributed by atoms with Crippen molar-refractivity contribution < 1.29 is 9.53 Å². The third kappa shape index (κ3) is 1.65. The standard InChI is InChI=1S/C13H20O2/c1-9-8-10(14)11-12(2,3)6-5-7-13(11,4)15-9/h5,7,9,11H,6,8H2,1-4H3/t9-,11?,13+/m0/s1. The van der Waals surface area contributed by atoms with Gasteiger partial charge in [0.25, 0.3) is 0 Å². The number of Topliss-reactive ketones (excluding diaryl/α,β-unsaturated/α-hetero) is 1. The maximum atomic E-state index is 12.1. The van der Waals surface area contributed by atoms with E-state index in [-0.39, 0.29) is 23.0 Å². The molecule has 0 aromatic rings. The Morgan fingerprint density at radius 1 is 1.40 bits per heavy atom. The van der Waals surface area contributed by atoms with Crippen LogP contribution in [0.4, 0.5) is 0 Å². The molecule has 2 rings (SSSR count). The summed E-state index contributed by atoms with van der Waals surface area (Å²) in [6.07, 6.45) is 5.82. The van der Waals surface area contributed by atoms with Crippen LogP contribution >= 0.6 is 0 Å². The van der Waals surface area contributed by atoms with Gasteiger partial charge in [-0.05, 0) is 25.7 Å². The molecule has 1 unspecified atom stereocenters. The van der Waals surface area contributed by atoms with Crippen LogP contribution in [-0.2, 0) is 9.53 Å². The molecule has 2 aliphatic rings. The van der Waals surface area contributed by atoms with Crippen LogP contribution in [-0.4, -0.2) is 17.5 Å². The highest BCUT2D eigenvalue weighted by Gasteiger charge is 2.52. The van der Waals surface area contributed by atoms with Gasteiger partial charge < -0.3 is 4.74 Å². The number of carbonyl (C=O) groups excluding carboxylic acids is 1. The molecular weight excluding hydrogens is 188 g/mol. The predicted octanol–water partition coefficient (Wildman–Crippen LogP) is 2.73. The van der Waals surface area contributed by atoms with Crippen molar-refractivity contribution in [1.82, 2.24) is 0 Å². The maximum absolute atomic E-state index is 12.1. The summed E-state index contributed by atoms with van der Waals surface area (Å²) in [6.45, 7) is 8.35. The van der Waals surface area contributed by atoms with E-state index in [0.29, 0.717) is 12.2 Å². The number of hydrogen-bond donors (Lipinski definition) is 0. The van der Waals surface area contributed by atoms with Gasteiger partial charge in [-0.1, -0.05) is 26.0 Å².